The SMILES string of the molecule is Cc1cc(Cl)c(NC(=O)c2nnc(Cl)s2)c2cccnc12. The second-order valence-corrected chi connectivity index (χ2v) is 6.23. The molecule has 8 heteroatoms. The number of carbonyl (C=O) groups is 1. The summed E-state index contributed by atoms with van der Waals surface area (Å²) in [6.45, 7) is 1.91. The van der Waals surface area contributed by atoms with Crippen LogP contribution in [0.25, 0.3) is 10.9 Å². The maximum Gasteiger partial charge on any atom is 0.286 e. The van der Waals surface area contributed by atoms with Crippen LogP contribution in [0.1, 0.15) is 15.4 Å². The van der Waals surface area contributed by atoms with E-state index in [4.69, 9.17) is 23.2 Å². The van der Waals surface area contributed by atoms with Crippen molar-refractivity contribution in [2.24, 2.45) is 0 Å². The lowest BCUT2D eigenvalue weighted by Gasteiger charge is -2.11. The summed E-state index contributed by atoms with van der Waals surface area (Å²) in [5, 5.41) is 11.4. The number of pyridine rings is 1. The van der Waals surface area contributed by atoms with Gasteiger partial charge in [0.05, 0.1) is 16.2 Å². The van der Waals surface area contributed by atoms with Crippen molar-refractivity contribution in [3.05, 3.63) is 44.5 Å². The first kappa shape index (κ1) is 14.2. The molecule has 0 saturated carbocycles. The average Bonchev–Trinajstić information content (AvgIpc) is 2.90. The van der Waals surface area contributed by atoms with Gasteiger partial charge in [-0.1, -0.05) is 22.9 Å². The fourth-order valence-corrected chi connectivity index (χ4v) is 3.01. The zero-order valence-electron chi connectivity index (χ0n) is 10.7. The molecule has 21 heavy (non-hydrogen) atoms. The zero-order valence-corrected chi connectivity index (χ0v) is 13.1. The molecule has 5 nitrogen and oxygen atoms in total. The maximum atomic E-state index is 12.2. The van der Waals surface area contributed by atoms with E-state index in [1.807, 2.05) is 13.0 Å². The van der Waals surface area contributed by atoms with Crippen LogP contribution < -0.4 is 5.32 Å². The third-order valence-electron chi connectivity index (χ3n) is 2.87. The number of aryl methyl sites for hydroxylation is 1. The summed E-state index contributed by atoms with van der Waals surface area (Å²) < 4.78 is 0.210. The Morgan fingerprint density at radius 2 is 2.14 bits per heavy atom. The number of halogens is 2. The molecule has 2 aromatic heterocycles. The number of nitrogens with one attached hydrogen (secondary N) is 1. The lowest BCUT2D eigenvalue weighted by Crippen LogP contribution is -2.12. The molecule has 1 N–H and O–H groups in total. The number of hydrogen-bond acceptors (Lipinski definition) is 5. The third-order valence-corrected chi connectivity index (χ3v) is 4.18. The van der Waals surface area contributed by atoms with Crippen molar-refractivity contribution in [2.75, 3.05) is 5.32 Å². The molecule has 1 aromatic carbocycles. The molecule has 0 fully saturated rings. The number of anilines is 1. The molecule has 0 spiro atoms. The first-order chi connectivity index (χ1) is 10.1. The highest BCUT2D eigenvalue weighted by Gasteiger charge is 2.16. The summed E-state index contributed by atoms with van der Waals surface area (Å²) in [6, 6.07) is 5.40. The van der Waals surface area contributed by atoms with E-state index in [9.17, 15) is 4.79 Å². The van der Waals surface area contributed by atoms with Crippen molar-refractivity contribution in [2.45, 2.75) is 6.92 Å². The maximum absolute atomic E-state index is 12.2. The van der Waals surface area contributed by atoms with Crippen LogP contribution in [0.4, 0.5) is 5.69 Å². The molecule has 0 radical (unpaired) electrons. The van der Waals surface area contributed by atoms with Gasteiger partial charge in [-0.2, -0.15) is 0 Å². The van der Waals surface area contributed by atoms with Gasteiger partial charge in [-0.25, -0.2) is 0 Å². The van der Waals surface area contributed by atoms with E-state index < -0.39 is 5.91 Å². The number of fused-ring (bicyclic) bond motifs is 1. The molecule has 3 aromatic rings. The van der Waals surface area contributed by atoms with Crippen LogP contribution in [0.5, 0.6) is 0 Å². The highest BCUT2D eigenvalue weighted by atomic mass is 35.5. The van der Waals surface area contributed by atoms with Gasteiger partial charge in [0.25, 0.3) is 5.91 Å². The van der Waals surface area contributed by atoms with Crippen LogP contribution in [0.3, 0.4) is 0 Å². The number of aromatic nitrogens is 3. The van der Waals surface area contributed by atoms with Gasteiger partial charge in [0.1, 0.15) is 0 Å². The summed E-state index contributed by atoms with van der Waals surface area (Å²) >= 11 is 12.9. The van der Waals surface area contributed by atoms with Crippen LogP contribution in [0.15, 0.2) is 24.4 Å². The van der Waals surface area contributed by atoms with E-state index in [2.05, 4.69) is 20.5 Å². The fourth-order valence-electron chi connectivity index (χ4n) is 1.97. The number of benzene rings is 1. The van der Waals surface area contributed by atoms with E-state index >= 15 is 0 Å². The molecule has 0 unspecified atom stereocenters. The molecule has 1 amide bonds. The zero-order chi connectivity index (χ0) is 15.0. The van der Waals surface area contributed by atoms with Gasteiger partial charge in [-0.05, 0) is 42.3 Å². The number of rotatable bonds is 2. The Morgan fingerprint density at radius 1 is 1.33 bits per heavy atom. The Hall–Kier alpha value is -1.76. The number of carbonyl (C=O) groups excluding carboxylic acids is 1. The predicted molar refractivity (Wildman–Crippen MR) is 84.4 cm³/mol. The molecule has 3 rings (SSSR count). The standard InChI is InChI=1S/C13H8Cl2N4OS/c1-6-5-8(14)10(7-3-2-4-16-9(6)7)17-11(20)12-18-19-13(15)21-12/h2-5H,1H3,(H,17,20). The van der Waals surface area contributed by atoms with Gasteiger partial charge in [-0.15, -0.1) is 10.2 Å². The van der Waals surface area contributed by atoms with Crippen LogP contribution in [0.2, 0.25) is 9.49 Å². The van der Waals surface area contributed by atoms with Crippen molar-refractivity contribution in [3.63, 3.8) is 0 Å². The van der Waals surface area contributed by atoms with Gasteiger partial charge >= 0.3 is 0 Å². The highest BCUT2D eigenvalue weighted by molar-refractivity contribution is 7.17. The monoisotopic (exact) mass is 338 g/mol. The lowest BCUT2D eigenvalue weighted by atomic mass is 10.1. The van der Waals surface area contributed by atoms with Gasteiger partial charge in [0.15, 0.2) is 0 Å². The van der Waals surface area contributed by atoms with E-state index in [0.717, 1.165) is 27.8 Å². The van der Waals surface area contributed by atoms with Crippen LogP contribution in [0, 0.1) is 6.92 Å². The summed E-state index contributed by atoms with van der Waals surface area (Å²) in [5.74, 6) is -0.407. The Balaban J connectivity index is 2.06. The Kier molecular flexibility index (Phi) is 3.75. The van der Waals surface area contributed by atoms with E-state index in [0.29, 0.717) is 10.7 Å². The number of amides is 1. The second kappa shape index (κ2) is 5.55. The Labute approximate surface area is 133 Å². The summed E-state index contributed by atoms with van der Waals surface area (Å²) in [4.78, 5) is 16.5. The molecule has 2 heterocycles. The minimum atomic E-state index is -0.407. The Bertz CT molecular complexity index is 849. The normalized spacial score (nSPS) is 10.8. The van der Waals surface area contributed by atoms with E-state index in [-0.39, 0.29) is 9.47 Å². The van der Waals surface area contributed by atoms with Gasteiger partial charge in [0.2, 0.25) is 9.47 Å². The lowest BCUT2D eigenvalue weighted by molar-refractivity contribution is 0.102. The summed E-state index contributed by atoms with van der Waals surface area (Å²) in [7, 11) is 0. The highest BCUT2D eigenvalue weighted by Crippen LogP contribution is 2.33. The smallest absolute Gasteiger partial charge is 0.286 e. The number of hydrogen-bond donors (Lipinski definition) is 1. The molecule has 0 aliphatic rings. The Morgan fingerprint density at radius 3 is 2.86 bits per heavy atom. The second-order valence-electron chi connectivity index (χ2n) is 4.26. The molecule has 0 aliphatic carbocycles. The predicted octanol–water partition coefficient (Wildman–Crippen LogP) is 3.95. The molecular formula is C13H8Cl2N4OS. The molecule has 0 saturated heterocycles. The van der Waals surface area contributed by atoms with E-state index in [1.54, 1.807) is 18.3 Å². The molecule has 0 bridgehead atoms. The molecule has 0 aliphatic heterocycles. The molecule has 106 valence electrons. The third kappa shape index (κ3) is 2.70. The molecule has 0 atom stereocenters. The summed E-state index contributed by atoms with van der Waals surface area (Å²) in [6.07, 6.45) is 1.69. The first-order valence-corrected chi connectivity index (χ1v) is 7.47. The number of nitrogens with zero attached hydrogens (tertiary/aromatic N) is 3. The van der Waals surface area contributed by atoms with Crippen molar-refractivity contribution < 1.29 is 4.79 Å². The topological polar surface area (TPSA) is 67.8 Å². The van der Waals surface area contributed by atoms with Crippen LogP contribution in [-0.2, 0) is 0 Å². The quantitative estimate of drug-likeness (QED) is 0.767. The minimum absolute atomic E-state index is 0.175. The van der Waals surface area contributed by atoms with Crippen molar-refractivity contribution in [1.29, 1.82) is 0 Å². The van der Waals surface area contributed by atoms with Crippen LogP contribution in [-0.4, -0.2) is 21.1 Å². The van der Waals surface area contributed by atoms with Crippen LogP contribution >= 0.6 is 34.5 Å². The van der Waals surface area contributed by atoms with Gasteiger partial charge in [-0.3, -0.25) is 9.78 Å². The van der Waals surface area contributed by atoms with Crippen molar-refractivity contribution >= 4 is 57.0 Å². The average molecular weight is 339 g/mol. The summed E-state index contributed by atoms with van der Waals surface area (Å²) in [5.41, 5.74) is 2.22. The fraction of sp³-hybridized carbons (Fsp3) is 0.0769. The van der Waals surface area contributed by atoms with E-state index in [1.165, 1.54) is 0 Å². The molecular weight excluding hydrogens is 331 g/mol. The largest absolute Gasteiger partial charge is 0.318 e. The van der Waals surface area contributed by atoms with Gasteiger partial charge < -0.3 is 5.32 Å². The van der Waals surface area contributed by atoms with Crippen molar-refractivity contribution in [3.8, 4) is 0 Å². The minimum Gasteiger partial charge on any atom is -0.318 e. The van der Waals surface area contributed by atoms with Crippen molar-refractivity contribution in [1.82, 2.24) is 15.2 Å². The van der Waals surface area contributed by atoms with Gasteiger partial charge in [0, 0.05) is 11.6 Å². The first-order valence-electron chi connectivity index (χ1n) is 5.90.